The number of aliphatic carboxylic acids is 1. The predicted octanol–water partition coefficient (Wildman–Crippen LogP) is 9.48. The molecule has 1 fully saturated rings. The maximum absolute atomic E-state index is 13.1. The van der Waals surface area contributed by atoms with Crippen LogP contribution in [0, 0.1) is 11.8 Å². The van der Waals surface area contributed by atoms with Crippen molar-refractivity contribution in [3.8, 4) is 23.0 Å². The smallest absolute Gasteiger partial charge is 0.329 e. The molecule has 8 rings (SSSR count). The fourth-order valence-corrected chi connectivity index (χ4v) is 10.5. The minimum absolute atomic E-state index is 0.143. The molecule has 0 unspecified atom stereocenters. The van der Waals surface area contributed by atoms with E-state index in [9.17, 15) is 9.90 Å². The summed E-state index contributed by atoms with van der Waals surface area (Å²) < 4.78 is 25.4. The Labute approximate surface area is 342 Å². The number of nitrogens with one attached hydrogen (secondary N) is 1. The average Bonchev–Trinajstić information content (AvgIpc) is 3.47. The molecule has 302 valence electrons. The van der Waals surface area contributed by atoms with Gasteiger partial charge in [-0.05, 0) is 142 Å². The number of aryl methyl sites for hydroxylation is 1. The molecule has 4 aliphatic rings. The third-order valence-corrected chi connectivity index (χ3v) is 13.5. The van der Waals surface area contributed by atoms with Gasteiger partial charge >= 0.3 is 5.97 Å². The summed E-state index contributed by atoms with van der Waals surface area (Å²) in [4.78, 5) is 20.1. The molecule has 10 heteroatoms. The summed E-state index contributed by atoms with van der Waals surface area (Å²) in [5.41, 5.74) is 5.56. The predicted molar refractivity (Wildman–Crippen MR) is 223 cm³/mol. The number of rotatable bonds is 13. The lowest BCUT2D eigenvalue weighted by atomic mass is 9.59. The highest BCUT2D eigenvalue weighted by Gasteiger charge is 2.54. The Hall–Kier alpha value is -4.47. The number of ether oxygens (including phenoxy) is 4. The zero-order valence-corrected chi connectivity index (χ0v) is 34.4. The van der Waals surface area contributed by atoms with E-state index in [0.29, 0.717) is 49.5 Å². The minimum atomic E-state index is -1.10. The molecule has 4 atom stereocenters. The van der Waals surface area contributed by atoms with Crippen LogP contribution >= 0.6 is 11.6 Å². The molecular weight excluding hydrogens is 738 g/mol. The van der Waals surface area contributed by atoms with Crippen molar-refractivity contribution in [1.82, 2.24) is 9.88 Å². The molecule has 3 aromatic carbocycles. The SMILES string of the molecule is COc1ccccc1CN(C)C[C@H]1COc2cc3c(cc2O1)C1(CCC(Nc2cccc(Cl)c2)(C(=O)O)CC1)[C@@H](C[C@@H](C)COc1ccnc2c1[C@H](C)CCC2)C3. The number of fused-ring (bicyclic) bond motifs is 4. The van der Waals surface area contributed by atoms with Gasteiger partial charge in [-0.1, -0.05) is 49.7 Å². The minimum Gasteiger partial charge on any atom is -0.496 e. The number of carboxylic acids is 1. The highest BCUT2D eigenvalue weighted by molar-refractivity contribution is 6.30. The van der Waals surface area contributed by atoms with E-state index in [1.807, 2.05) is 42.6 Å². The molecular formula is C47H56ClN3O6. The van der Waals surface area contributed by atoms with Gasteiger partial charge in [0.05, 0.1) is 13.7 Å². The first kappa shape index (κ1) is 39.4. The van der Waals surface area contributed by atoms with E-state index in [-0.39, 0.29) is 17.4 Å². The lowest BCUT2D eigenvalue weighted by Gasteiger charge is -2.47. The number of pyridine rings is 1. The van der Waals surface area contributed by atoms with Crippen molar-refractivity contribution in [2.24, 2.45) is 11.8 Å². The van der Waals surface area contributed by atoms with Crippen LogP contribution in [-0.2, 0) is 29.6 Å². The number of hydrogen-bond acceptors (Lipinski definition) is 8. The Morgan fingerprint density at radius 1 is 1.07 bits per heavy atom. The van der Waals surface area contributed by atoms with Crippen LogP contribution in [0.15, 0.2) is 72.9 Å². The number of benzene rings is 3. The van der Waals surface area contributed by atoms with Crippen LogP contribution in [0.4, 0.5) is 5.69 Å². The summed E-state index contributed by atoms with van der Waals surface area (Å²) >= 11 is 6.33. The number of aromatic nitrogens is 1. The number of carboxylic acid groups (broad SMARTS) is 1. The molecule has 9 nitrogen and oxygen atoms in total. The van der Waals surface area contributed by atoms with E-state index in [4.69, 9.17) is 30.5 Å². The molecule has 0 bridgehead atoms. The Balaban J connectivity index is 1.03. The fourth-order valence-electron chi connectivity index (χ4n) is 10.3. The molecule has 57 heavy (non-hydrogen) atoms. The van der Waals surface area contributed by atoms with Crippen molar-refractivity contribution in [2.75, 3.05) is 39.2 Å². The molecule has 1 aromatic heterocycles. The molecule has 0 amide bonds. The largest absolute Gasteiger partial charge is 0.496 e. The first-order valence-corrected chi connectivity index (χ1v) is 21.1. The van der Waals surface area contributed by atoms with Crippen molar-refractivity contribution in [3.05, 3.63) is 106 Å². The van der Waals surface area contributed by atoms with Crippen LogP contribution in [0.25, 0.3) is 0 Å². The summed E-state index contributed by atoms with van der Waals surface area (Å²) in [6, 6.07) is 21.9. The standard InChI is InChI=1S/C47H56ClN3O6/c1-30(28-55-41-15-20-49-39-13-7-9-31(2)44(39)41)21-34-22-33-23-42-43(57-37(29-56-42)27-51(3)26-32-10-5-6-14-40(32)54-4)25-38(33)46(34)16-18-47(19-17-46,45(52)53)50-36-12-8-11-35(48)24-36/h5-6,8,10-12,14-15,20,23-25,30-31,34,37,50H,7,9,13,16-19,21-22,26-29H2,1-4H3,(H,52,53)/t30-,31-,34+,37+,46?,47?/m1/s1. The average molecular weight is 794 g/mol. The van der Waals surface area contributed by atoms with Crippen molar-refractivity contribution >= 4 is 23.3 Å². The number of halogens is 1. The highest BCUT2D eigenvalue weighted by Crippen LogP contribution is 2.58. The Kier molecular flexibility index (Phi) is 11.3. The van der Waals surface area contributed by atoms with Gasteiger partial charge < -0.3 is 29.4 Å². The van der Waals surface area contributed by atoms with E-state index in [0.717, 1.165) is 79.3 Å². The molecule has 1 aliphatic heterocycles. The summed E-state index contributed by atoms with van der Waals surface area (Å²) in [5.74, 6) is 3.62. The molecule has 4 aromatic rings. The van der Waals surface area contributed by atoms with Gasteiger partial charge in [-0.25, -0.2) is 4.79 Å². The molecule has 0 radical (unpaired) electrons. The highest BCUT2D eigenvalue weighted by atomic mass is 35.5. The van der Waals surface area contributed by atoms with Crippen molar-refractivity contribution in [2.45, 2.75) is 101 Å². The fraction of sp³-hybridized carbons (Fsp3) is 0.489. The van der Waals surface area contributed by atoms with Gasteiger partial charge in [-0.2, -0.15) is 0 Å². The van der Waals surface area contributed by atoms with Gasteiger partial charge in [0.1, 0.15) is 29.7 Å². The molecule has 1 saturated carbocycles. The zero-order valence-electron chi connectivity index (χ0n) is 33.7. The summed E-state index contributed by atoms with van der Waals surface area (Å²) in [6.45, 7) is 7.09. The van der Waals surface area contributed by atoms with Crippen LogP contribution in [0.1, 0.15) is 92.7 Å². The van der Waals surface area contributed by atoms with E-state index < -0.39 is 11.5 Å². The second-order valence-electron chi connectivity index (χ2n) is 17.2. The Morgan fingerprint density at radius 2 is 1.89 bits per heavy atom. The van der Waals surface area contributed by atoms with Gasteiger partial charge in [0.25, 0.3) is 0 Å². The maximum Gasteiger partial charge on any atom is 0.329 e. The summed E-state index contributed by atoms with van der Waals surface area (Å²) in [6.07, 6.45) is 9.40. The third-order valence-electron chi connectivity index (χ3n) is 13.2. The maximum atomic E-state index is 13.1. The monoisotopic (exact) mass is 793 g/mol. The van der Waals surface area contributed by atoms with E-state index in [1.54, 1.807) is 19.2 Å². The Morgan fingerprint density at radius 3 is 2.68 bits per heavy atom. The van der Waals surface area contributed by atoms with Crippen molar-refractivity contribution in [1.29, 1.82) is 0 Å². The molecule has 0 saturated heterocycles. The first-order valence-electron chi connectivity index (χ1n) is 20.7. The second-order valence-corrected chi connectivity index (χ2v) is 17.6. The summed E-state index contributed by atoms with van der Waals surface area (Å²) in [7, 11) is 3.80. The van der Waals surface area contributed by atoms with Gasteiger partial charge in [-0.3, -0.25) is 9.88 Å². The van der Waals surface area contributed by atoms with Crippen LogP contribution in [-0.4, -0.2) is 66.5 Å². The molecule has 2 N–H and O–H groups in total. The quantitative estimate of drug-likeness (QED) is 0.137. The number of para-hydroxylation sites is 1. The van der Waals surface area contributed by atoms with E-state index in [2.05, 4.69) is 54.3 Å². The van der Waals surface area contributed by atoms with Gasteiger partial charge in [-0.15, -0.1) is 0 Å². The topological polar surface area (TPSA) is 102 Å². The van der Waals surface area contributed by atoms with Crippen LogP contribution in [0.3, 0.4) is 0 Å². The van der Waals surface area contributed by atoms with Crippen molar-refractivity contribution in [3.63, 3.8) is 0 Å². The summed E-state index contributed by atoms with van der Waals surface area (Å²) in [5, 5.41) is 14.8. The van der Waals surface area contributed by atoms with Crippen LogP contribution in [0.5, 0.6) is 23.0 Å². The van der Waals surface area contributed by atoms with Gasteiger partial charge in [0.15, 0.2) is 11.5 Å². The van der Waals surface area contributed by atoms with Crippen LogP contribution in [0.2, 0.25) is 5.02 Å². The molecule has 3 aliphatic carbocycles. The van der Waals surface area contributed by atoms with E-state index in [1.165, 1.54) is 28.8 Å². The Bertz CT molecular complexity index is 2080. The zero-order chi connectivity index (χ0) is 39.7. The number of anilines is 1. The van der Waals surface area contributed by atoms with Gasteiger partial charge in [0, 0.05) is 46.8 Å². The van der Waals surface area contributed by atoms with Crippen molar-refractivity contribution < 1.29 is 28.8 Å². The second kappa shape index (κ2) is 16.4. The number of hydrogen-bond donors (Lipinski definition) is 2. The number of nitrogens with zero attached hydrogens (tertiary/aromatic N) is 2. The third kappa shape index (κ3) is 8.02. The van der Waals surface area contributed by atoms with Gasteiger partial charge in [0.2, 0.25) is 0 Å². The lowest BCUT2D eigenvalue weighted by molar-refractivity contribution is -0.144. The first-order chi connectivity index (χ1) is 27.6. The lowest BCUT2D eigenvalue weighted by Crippen LogP contribution is -2.53. The van der Waals surface area contributed by atoms with Crippen LogP contribution < -0.4 is 24.3 Å². The molecule has 1 spiro atoms. The number of likely N-dealkylation sites (N-methyl/N-ethyl adjacent to an activating group) is 1. The molecule has 2 heterocycles. The number of carbonyl (C=O) groups is 1. The number of methoxy groups -OCH3 is 1. The van der Waals surface area contributed by atoms with E-state index >= 15 is 0 Å². The normalized spacial score (nSPS) is 25.4.